The van der Waals surface area contributed by atoms with Crippen LogP contribution < -0.4 is 10.5 Å². The summed E-state index contributed by atoms with van der Waals surface area (Å²) in [5, 5.41) is 0.182. The summed E-state index contributed by atoms with van der Waals surface area (Å²) in [6.07, 6.45) is 1.01. The second-order valence-electron chi connectivity index (χ2n) is 2.93. The zero-order valence-corrected chi connectivity index (χ0v) is 9.39. The van der Waals surface area contributed by atoms with Gasteiger partial charge in [0.15, 0.2) is 0 Å². The van der Waals surface area contributed by atoms with E-state index in [1.54, 1.807) is 0 Å². The maximum absolute atomic E-state index is 10.9. The number of carbonyl (C=O) groups is 1. The summed E-state index contributed by atoms with van der Waals surface area (Å²) in [5.74, 6) is -0.711. The van der Waals surface area contributed by atoms with Gasteiger partial charge < -0.3 is 5.73 Å². The molecule has 0 atom stereocenters. The monoisotopic (exact) mass is 248 g/mol. The van der Waals surface area contributed by atoms with Crippen molar-refractivity contribution in [2.24, 2.45) is 5.73 Å². The Labute approximate surface area is 92.3 Å². The van der Waals surface area contributed by atoms with Gasteiger partial charge in [0, 0.05) is 5.69 Å². The van der Waals surface area contributed by atoms with Crippen LogP contribution in [0.2, 0.25) is 5.02 Å². The minimum absolute atomic E-state index is 0.0744. The summed E-state index contributed by atoms with van der Waals surface area (Å²) in [4.78, 5) is 10.9. The first kappa shape index (κ1) is 11.8. The number of hydrogen-bond acceptors (Lipinski definition) is 3. The number of sulfonamides is 1. The number of carbonyl (C=O) groups excluding carboxylic acids is 1. The Hall–Kier alpha value is -1.27. The molecule has 7 heteroatoms. The van der Waals surface area contributed by atoms with Crippen LogP contribution in [0.1, 0.15) is 10.4 Å². The van der Waals surface area contributed by atoms with Crippen molar-refractivity contribution >= 4 is 33.2 Å². The Morgan fingerprint density at radius 1 is 1.47 bits per heavy atom. The molecule has 0 radical (unpaired) electrons. The lowest BCUT2D eigenvalue weighted by Gasteiger charge is -2.06. The third-order valence-electron chi connectivity index (χ3n) is 1.54. The molecule has 0 aliphatic heterocycles. The molecule has 0 fully saturated rings. The maximum atomic E-state index is 10.9. The van der Waals surface area contributed by atoms with Crippen LogP contribution in [0, 0.1) is 0 Å². The molecule has 1 aromatic rings. The summed E-state index contributed by atoms with van der Waals surface area (Å²) in [5.41, 5.74) is 5.37. The Bertz CT molecular complexity index is 499. The van der Waals surface area contributed by atoms with Crippen LogP contribution in [-0.4, -0.2) is 20.6 Å². The molecule has 0 saturated heterocycles. The molecule has 3 N–H and O–H groups in total. The number of nitrogens with one attached hydrogen (secondary N) is 1. The van der Waals surface area contributed by atoms with Crippen LogP contribution in [0.5, 0.6) is 0 Å². The van der Waals surface area contributed by atoms with Gasteiger partial charge in [0.25, 0.3) is 0 Å². The van der Waals surface area contributed by atoms with Crippen molar-refractivity contribution in [3.63, 3.8) is 0 Å². The quantitative estimate of drug-likeness (QED) is 0.830. The molecule has 0 heterocycles. The molecular formula is C8H9ClN2O3S. The molecule has 0 saturated carbocycles. The van der Waals surface area contributed by atoms with Crippen LogP contribution in [0.25, 0.3) is 0 Å². The van der Waals surface area contributed by atoms with Crippen molar-refractivity contribution in [3.05, 3.63) is 28.8 Å². The average Bonchev–Trinajstić information content (AvgIpc) is 2.05. The van der Waals surface area contributed by atoms with E-state index < -0.39 is 15.9 Å². The summed E-state index contributed by atoms with van der Waals surface area (Å²) in [7, 11) is -3.38. The Morgan fingerprint density at radius 3 is 2.53 bits per heavy atom. The fourth-order valence-corrected chi connectivity index (χ4v) is 1.76. The van der Waals surface area contributed by atoms with E-state index in [9.17, 15) is 13.2 Å². The van der Waals surface area contributed by atoms with Crippen LogP contribution in [0.4, 0.5) is 5.69 Å². The number of amides is 1. The highest BCUT2D eigenvalue weighted by molar-refractivity contribution is 7.92. The van der Waals surface area contributed by atoms with E-state index in [4.69, 9.17) is 17.3 Å². The van der Waals surface area contributed by atoms with E-state index in [0.717, 1.165) is 6.26 Å². The highest BCUT2D eigenvalue weighted by Gasteiger charge is 2.09. The number of rotatable bonds is 3. The van der Waals surface area contributed by atoms with Crippen molar-refractivity contribution < 1.29 is 13.2 Å². The van der Waals surface area contributed by atoms with Gasteiger partial charge in [0.05, 0.1) is 16.8 Å². The third kappa shape index (κ3) is 3.41. The Morgan fingerprint density at radius 2 is 2.07 bits per heavy atom. The van der Waals surface area contributed by atoms with Gasteiger partial charge in [-0.05, 0) is 18.2 Å². The van der Waals surface area contributed by atoms with E-state index in [-0.39, 0.29) is 16.3 Å². The topological polar surface area (TPSA) is 89.3 Å². The van der Waals surface area contributed by atoms with Gasteiger partial charge >= 0.3 is 0 Å². The lowest BCUT2D eigenvalue weighted by molar-refractivity contribution is 0.100. The second kappa shape index (κ2) is 4.08. The number of halogens is 1. The Balaban J connectivity index is 3.14. The molecular weight excluding hydrogens is 240 g/mol. The van der Waals surface area contributed by atoms with E-state index >= 15 is 0 Å². The zero-order chi connectivity index (χ0) is 11.6. The highest BCUT2D eigenvalue weighted by Crippen LogP contribution is 2.20. The summed E-state index contributed by atoms with van der Waals surface area (Å²) < 4.78 is 24.0. The van der Waals surface area contributed by atoms with Gasteiger partial charge in [0.1, 0.15) is 0 Å². The SMILES string of the molecule is CS(=O)(=O)Nc1ccc(Cl)c(C(N)=O)c1. The molecule has 0 aliphatic rings. The molecule has 0 bridgehead atoms. The van der Waals surface area contributed by atoms with Crippen LogP contribution in [0.3, 0.4) is 0 Å². The van der Waals surface area contributed by atoms with Crippen LogP contribution >= 0.6 is 11.6 Å². The van der Waals surface area contributed by atoms with Gasteiger partial charge in [-0.1, -0.05) is 11.6 Å². The first-order chi connectivity index (χ1) is 6.79. The van der Waals surface area contributed by atoms with Crippen LogP contribution in [0.15, 0.2) is 18.2 Å². The molecule has 15 heavy (non-hydrogen) atoms. The summed E-state index contributed by atoms with van der Waals surface area (Å²) >= 11 is 5.68. The fourth-order valence-electron chi connectivity index (χ4n) is 0.992. The molecule has 0 unspecified atom stereocenters. The number of nitrogens with two attached hydrogens (primary N) is 1. The summed E-state index contributed by atoms with van der Waals surface area (Å²) in [6.45, 7) is 0. The van der Waals surface area contributed by atoms with E-state index in [0.29, 0.717) is 0 Å². The molecule has 82 valence electrons. The highest BCUT2D eigenvalue weighted by atomic mass is 35.5. The van der Waals surface area contributed by atoms with Crippen molar-refractivity contribution in [2.75, 3.05) is 11.0 Å². The number of anilines is 1. The predicted octanol–water partition coefficient (Wildman–Crippen LogP) is 0.810. The van der Waals surface area contributed by atoms with Gasteiger partial charge in [-0.3, -0.25) is 9.52 Å². The van der Waals surface area contributed by atoms with Crippen LogP contribution in [-0.2, 0) is 10.0 Å². The van der Waals surface area contributed by atoms with Gasteiger partial charge in [-0.2, -0.15) is 0 Å². The van der Waals surface area contributed by atoms with Gasteiger partial charge in [-0.15, -0.1) is 0 Å². The molecule has 0 spiro atoms. The van der Waals surface area contributed by atoms with Crippen molar-refractivity contribution in [1.82, 2.24) is 0 Å². The molecule has 1 aromatic carbocycles. The number of hydrogen-bond donors (Lipinski definition) is 2. The molecule has 5 nitrogen and oxygen atoms in total. The van der Waals surface area contributed by atoms with E-state index in [1.165, 1.54) is 18.2 Å². The number of benzene rings is 1. The smallest absolute Gasteiger partial charge is 0.250 e. The lowest BCUT2D eigenvalue weighted by atomic mass is 10.2. The minimum atomic E-state index is -3.38. The third-order valence-corrected chi connectivity index (χ3v) is 2.47. The maximum Gasteiger partial charge on any atom is 0.250 e. The average molecular weight is 249 g/mol. The first-order valence-electron chi connectivity index (χ1n) is 3.87. The zero-order valence-electron chi connectivity index (χ0n) is 7.82. The molecule has 0 aliphatic carbocycles. The van der Waals surface area contributed by atoms with Crippen molar-refractivity contribution in [3.8, 4) is 0 Å². The van der Waals surface area contributed by atoms with Crippen molar-refractivity contribution in [1.29, 1.82) is 0 Å². The molecule has 1 amide bonds. The lowest BCUT2D eigenvalue weighted by Crippen LogP contribution is -2.14. The standard InChI is InChI=1S/C8H9ClN2O3S/c1-15(13,14)11-5-2-3-7(9)6(4-5)8(10)12/h2-4,11H,1H3,(H2,10,12). The normalized spacial score (nSPS) is 11.1. The predicted molar refractivity (Wildman–Crippen MR) is 58.4 cm³/mol. The second-order valence-corrected chi connectivity index (χ2v) is 5.09. The molecule has 0 aromatic heterocycles. The first-order valence-corrected chi connectivity index (χ1v) is 6.13. The van der Waals surface area contributed by atoms with Gasteiger partial charge in [-0.25, -0.2) is 8.42 Å². The summed E-state index contributed by atoms with van der Waals surface area (Å²) in [6, 6.07) is 4.12. The fraction of sp³-hybridized carbons (Fsp3) is 0.125. The van der Waals surface area contributed by atoms with Crippen molar-refractivity contribution in [2.45, 2.75) is 0 Å². The number of primary amides is 1. The largest absolute Gasteiger partial charge is 0.366 e. The van der Waals surface area contributed by atoms with E-state index in [2.05, 4.69) is 4.72 Å². The Kier molecular flexibility index (Phi) is 3.21. The minimum Gasteiger partial charge on any atom is -0.366 e. The van der Waals surface area contributed by atoms with E-state index in [1.807, 2.05) is 0 Å². The van der Waals surface area contributed by atoms with Gasteiger partial charge in [0.2, 0.25) is 15.9 Å². The molecule has 1 rings (SSSR count).